The van der Waals surface area contributed by atoms with Crippen molar-refractivity contribution in [1.82, 2.24) is 0 Å². The minimum Gasteiger partial charge on any atom is -0.464 e. The molecule has 0 aliphatic carbocycles. The van der Waals surface area contributed by atoms with Crippen molar-refractivity contribution in [3.63, 3.8) is 0 Å². The van der Waals surface area contributed by atoms with Gasteiger partial charge in [-0.05, 0) is 18.6 Å². The molecule has 1 amide bonds. The summed E-state index contributed by atoms with van der Waals surface area (Å²) in [6, 6.07) is 14.7. The molecule has 5 nitrogen and oxygen atoms in total. The average molecular weight is 325 g/mol. The molecule has 1 heterocycles. The number of esters is 1. The Morgan fingerprint density at radius 2 is 1.75 bits per heavy atom. The molecule has 5 heteroatoms. The largest absolute Gasteiger partial charge is 0.464 e. The van der Waals surface area contributed by atoms with Crippen LogP contribution in [0.3, 0.4) is 0 Å². The molecule has 0 saturated heterocycles. The lowest BCUT2D eigenvalue weighted by atomic mass is 9.82. The van der Waals surface area contributed by atoms with E-state index in [1.54, 1.807) is 55.5 Å². The fourth-order valence-corrected chi connectivity index (χ4v) is 3.33. The topological polar surface area (TPSA) is 66.8 Å². The maximum Gasteiger partial charge on any atom is 0.333 e. The Hall–Kier alpha value is -2.66. The van der Waals surface area contributed by atoms with Gasteiger partial charge in [0.15, 0.2) is 6.04 Å². The summed E-state index contributed by atoms with van der Waals surface area (Å²) >= 11 is 0. The van der Waals surface area contributed by atoms with Crippen molar-refractivity contribution in [1.29, 1.82) is 0 Å². The number of nitrogens with zero attached hydrogens (tertiary/aromatic N) is 1. The highest BCUT2D eigenvalue weighted by molar-refractivity contribution is 6.03. The molecule has 0 fully saturated rings. The monoisotopic (exact) mass is 325 g/mol. The Morgan fingerprint density at radius 3 is 2.38 bits per heavy atom. The van der Waals surface area contributed by atoms with Gasteiger partial charge in [-0.15, -0.1) is 0 Å². The average Bonchev–Trinajstić information content (AvgIpc) is 2.87. The minimum atomic E-state index is -1.66. The lowest BCUT2D eigenvalue weighted by molar-refractivity contribution is -0.151. The van der Waals surface area contributed by atoms with E-state index in [4.69, 9.17) is 4.74 Å². The van der Waals surface area contributed by atoms with Crippen LogP contribution in [0.15, 0.2) is 54.6 Å². The third-order valence-electron chi connectivity index (χ3n) is 4.29. The zero-order valence-corrected chi connectivity index (χ0v) is 13.6. The summed E-state index contributed by atoms with van der Waals surface area (Å²) in [6.07, 6.45) is 0. The van der Waals surface area contributed by atoms with Gasteiger partial charge < -0.3 is 9.84 Å². The first kappa shape index (κ1) is 16.2. The van der Waals surface area contributed by atoms with Crippen molar-refractivity contribution in [2.75, 3.05) is 11.5 Å². The number of para-hydroxylation sites is 1. The highest BCUT2D eigenvalue weighted by atomic mass is 16.5. The lowest BCUT2D eigenvalue weighted by Crippen LogP contribution is -2.53. The van der Waals surface area contributed by atoms with E-state index < -0.39 is 17.6 Å². The summed E-state index contributed by atoms with van der Waals surface area (Å²) in [6.45, 7) is 3.24. The molecule has 1 N–H and O–H groups in total. The number of anilines is 1. The number of benzene rings is 2. The number of carbonyl (C=O) groups excluding carboxylic acids is 2. The maximum absolute atomic E-state index is 12.6. The summed E-state index contributed by atoms with van der Waals surface area (Å²) in [5, 5.41) is 11.6. The van der Waals surface area contributed by atoms with E-state index in [0.29, 0.717) is 16.8 Å². The van der Waals surface area contributed by atoms with Crippen LogP contribution in [0.4, 0.5) is 5.69 Å². The predicted octanol–water partition coefficient (Wildman–Crippen LogP) is 2.22. The van der Waals surface area contributed by atoms with Crippen molar-refractivity contribution in [2.45, 2.75) is 25.5 Å². The predicted molar refractivity (Wildman–Crippen MR) is 89.5 cm³/mol. The molecule has 2 atom stereocenters. The Bertz CT molecular complexity index is 774. The molecular formula is C19H19NO4. The van der Waals surface area contributed by atoms with Gasteiger partial charge in [0, 0.05) is 12.5 Å². The number of fused-ring (bicyclic) bond motifs is 1. The first-order chi connectivity index (χ1) is 11.5. The van der Waals surface area contributed by atoms with Crippen molar-refractivity contribution in [2.24, 2.45) is 0 Å². The van der Waals surface area contributed by atoms with Crippen LogP contribution >= 0.6 is 0 Å². The van der Waals surface area contributed by atoms with E-state index in [1.165, 1.54) is 11.8 Å². The molecule has 0 spiro atoms. The lowest BCUT2D eigenvalue weighted by Gasteiger charge is -2.32. The number of hydrogen-bond donors (Lipinski definition) is 1. The van der Waals surface area contributed by atoms with Gasteiger partial charge in [-0.2, -0.15) is 0 Å². The van der Waals surface area contributed by atoms with Crippen LogP contribution in [-0.4, -0.2) is 29.6 Å². The molecule has 2 aromatic carbocycles. The minimum absolute atomic E-state index is 0.169. The smallest absolute Gasteiger partial charge is 0.333 e. The standard InChI is InChI=1S/C19H19NO4/c1-3-24-18(22)17-19(23,14-9-5-4-6-10-14)15-11-7-8-12-16(15)20(17)13(2)21/h4-12,17,23H,3H2,1-2H3. The Morgan fingerprint density at radius 1 is 1.12 bits per heavy atom. The Balaban J connectivity index is 2.27. The van der Waals surface area contributed by atoms with Gasteiger partial charge >= 0.3 is 5.97 Å². The van der Waals surface area contributed by atoms with Crippen LogP contribution in [0.25, 0.3) is 0 Å². The Labute approximate surface area is 140 Å². The van der Waals surface area contributed by atoms with Gasteiger partial charge in [-0.3, -0.25) is 9.69 Å². The van der Waals surface area contributed by atoms with Crippen molar-refractivity contribution < 1.29 is 19.4 Å². The van der Waals surface area contributed by atoms with E-state index in [2.05, 4.69) is 0 Å². The van der Waals surface area contributed by atoms with Crippen molar-refractivity contribution in [3.8, 4) is 0 Å². The van der Waals surface area contributed by atoms with Gasteiger partial charge in [-0.25, -0.2) is 4.79 Å². The summed E-state index contributed by atoms with van der Waals surface area (Å²) < 4.78 is 5.16. The quantitative estimate of drug-likeness (QED) is 0.879. The molecule has 1 aliphatic heterocycles. The third-order valence-corrected chi connectivity index (χ3v) is 4.29. The van der Waals surface area contributed by atoms with Gasteiger partial charge in [0.05, 0.1) is 12.3 Å². The van der Waals surface area contributed by atoms with Gasteiger partial charge in [0.25, 0.3) is 0 Å². The molecule has 0 aromatic heterocycles. The molecule has 0 bridgehead atoms. The summed E-state index contributed by atoms with van der Waals surface area (Å²) in [7, 11) is 0. The van der Waals surface area contributed by atoms with E-state index in [0.717, 1.165) is 0 Å². The molecule has 24 heavy (non-hydrogen) atoms. The number of amides is 1. The zero-order valence-electron chi connectivity index (χ0n) is 13.6. The summed E-state index contributed by atoms with van der Waals surface area (Å²) in [5.41, 5.74) is -0.0754. The van der Waals surface area contributed by atoms with Crippen molar-refractivity contribution >= 4 is 17.6 Å². The SMILES string of the molecule is CCOC(=O)C1N(C(C)=O)c2ccccc2C1(O)c1ccccc1. The molecule has 3 rings (SSSR count). The fourth-order valence-electron chi connectivity index (χ4n) is 3.33. The first-order valence-electron chi connectivity index (χ1n) is 7.85. The molecule has 2 aromatic rings. The van der Waals surface area contributed by atoms with E-state index in [-0.39, 0.29) is 12.5 Å². The number of hydrogen-bond acceptors (Lipinski definition) is 4. The molecule has 1 aliphatic rings. The second-order valence-corrected chi connectivity index (χ2v) is 5.69. The zero-order chi connectivity index (χ0) is 17.3. The van der Waals surface area contributed by atoms with E-state index in [9.17, 15) is 14.7 Å². The summed E-state index contributed by atoms with van der Waals surface area (Å²) in [5.74, 6) is -0.956. The normalized spacial score (nSPS) is 22.1. The second kappa shape index (κ2) is 6.09. The highest BCUT2D eigenvalue weighted by Gasteiger charge is 2.56. The van der Waals surface area contributed by atoms with Crippen LogP contribution in [0.2, 0.25) is 0 Å². The first-order valence-corrected chi connectivity index (χ1v) is 7.85. The van der Waals surface area contributed by atoms with E-state index in [1.807, 2.05) is 6.07 Å². The van der Waals surface area contributed by atoms with Crippen LogP contribution in [0.1, 0.15) is 25.0 Å². The molecule has 2 unspecified atom stereocenters. The van der Waals surface area contributed by atoms with Crippen LogP contribution < -0.4 is 4.90 Å². The van der Waals surface area contributed by atoms with Crippen LogP contribution in [0, 0.1) is 0 Å². The van der Waals surface area contributed by atoms with Gasteiger partial charge in [-0.1, -0.05) is 48.5 Å². The maximum atomic E-state index is 12.6. The second-order valence-electron chi connectivity index (χ2n) is 5.69. The number of rotatable bonds is 3. The highest BCUT2D eigenvalue weighted by Crippen LogP contribution is 2.48. The van der Waals surface area contributed by atoms with Gasteiger partial charge in [0.1, 0.15) is 5.60 Å². The molecule has 0 radical (unpaired) electrons. The number of ether oxygens (including phenoxy) is 1. The fraction of sp³-hybridized carbons (Fsp3) is 0.263. The number of carbonyl (C=O) groups is 2. The summed E-state index contributed by atoms with van der Waals surface area (Å²) in [4.78, 5) is 26.2. The number of aliphatic hydroxyl groups is 1. The Kier molecular flexibility index (Phi) is 4.11. The van der Waals surface area contributed by atoms with Crippen LogP contribution in [0.5, 0.6) is 0 Å². The molecular weight excluding hydrogens is 306 g/mol. The van der Waals surface area contributed by atoms with Crippen molar-refractivity contribution in [3.05, 3.63) is 65.7 Å². The van der Waals surface area contributed by atoms with Crippen LogP contribution in [-0.2, 0) is 19.9 Å². The third kappa shape index (κ3) is 2.29. The van der Waals surface area contributed by atoms with E-state index >= 15 is 0 Å². The molecule has 0 saturated carbocycles. The van der Waals surface area contributed by atoms with Gasteiger partial charge in [0.2, 0.25) is 5.91 Å². The molecule has 124 valence electrons.